The van der Waals surface area contributed by atoms with Gasteiger partial charge < -0.3 is 9.80 Å². The highest BCUT2D eigenvalue weighted by Crippen LogP contribution is 2.12. The lowest BCUT2D eigenvalue weighted by molar-refractivity contribution is 0.101. The SMILES string of the molecule is CCN(CC)CCCN(CC)c1ccc(C(C)=O)cn1. The van der Waals surface area contributed by atoms with Crippen LogP contribution in [0.1, 0.15) is 44.5 Å². The maximum absolute atomic E-state index is 11.3. The minimum atomic E-state index is 0.0635. The molecule has 0 N–H and O–H groups in total. The fourth-order valence-corrected chi connectivity index (χ4v) is 2.24. The number of hydrogen-bond donors (Lipinski definition) is 0. The molecule has 1 aromatic rings. The lowest BCUT2D eigenvalue weighted by Gasteiger charge is -2.24. The normalized spacial score (nSPS) is 10.8. The van der Waals surface area contributed by atoms with Gasteiger partial charge in [-0.05, 0) is 52.0 Å². The maximum atomic E-state index is 11.3. The highest BCUT2D eigenvalue weighted by atomic mass is 16.1. The van der Waals surface area contributed by atoms with Crippen LogP contribution in [0.3, 0.4) is 0 Å². The predicted octanol–water partition coefficient (Wildman–Crippen LogP) is 2.84. The van der Waals surface area contributed by atoms with E-state index < -0.39 is 0 Å². The molecule has 0 unspecified atom stereocenters. The summed E-state index contributed by atoms with van der Waals surface area (Å²) in [6.07, 6.45) is 2.80. The minimum absolute atomic E-state index is 0.0635. The Balaban J connectivity index is 2.55. The maximum Gasteiger partial charge on any atom is 0.161 e. The van der Waals surface area contributed by atoms with Gasteiger partial charge in [0.1, 0.15) is 5.82 Å². The van der Waals surface area contributed by atoms with Crippen molar-refractivity contribution in [3.05, 3.63) is 23.9 Å². The van der Waals surface area contributed by atoms with Crippen molar-refractivity contribution in [2.75, 3.05) is 37.6 Å². The Morgan fingerprint density at radius 3 is 2.25 bits per heavy atom. The molecular formula is C16H27N3O. The second-order valence-corrected chi connectivity index (χ2v) is 4.92. The van der Waals surface area contributed by atoms with Crippen LogP contribution >= 0.6 is 0 Å². The van der Waals surface area contributed by atoms with Crippen LogP contribution in [0.2, 0.25) is 0 Å². The summed E-state index contributed by atoms with van der Waals surface area (Å²) >= 11 is 0. The second kappa shape index (κ2) is 8.69. The number of carbonyl (C=O) groups is 1. The number of carbonyl (C=O) groups excluding carboxylic acids is 1. The van der Waals surface area contributed by atoms with E-state index in [0.29, 0.717) is 5.56 Å². The Kier molecular flexibility index (Phi) is 7.23. The molecule has 0 aromatic carbocycles. The third kappa shape index (κ3) is 4.93. The van der Waals surface area contributed by atoms with E-state index in [9.17, 15) is 4.79 Å². The number of anilines is 1. The van der Waals surface area contributed by atoms with E-state index in [0.717, 1.165) is 45.0 Å². The number of nitrogens with zero attached hydrogens (tertiary/aromatic N) is 3. The van der Waals surface area contributed by atoms with Crippen LogP contribution in [-0.4, -0.2) is 48.4 Å². The van der Waals surface area contributed by atoms with Gasteiger partial charge >= 0.3 is 0 Å². The summed E-state index contributed by atoms with van der Waals surface area (Å²) in [6.45, 7) is 13.4. The first-order valence-corrected chi connectivity index (χ1v) is 7.56. The third-order valence-corrected chi connectivity index (χ3v) is 3.66. The first-order valence-electron chi connectivity index (χ1n) is 7.56. The molecular weight excluding hydrogens is 250 g/mol. The zero-order chi connectivity index (χ0) is 15.0. The Hall–Kier alpha value is -1.42. The summed E-state index contributed by atoms with van der Waals surface area (Å²) in [5.74, 6) is 1.02. The minimum Gasteiger partial charge on any atom is -0.357 e. The van der Waals surface area contributed by atoms with Crippen molar-refractivity contribution in [1.29, 1.82) is 0 Å². The van der Waals surface area contributed by atoms with E-state index in [1.807, 2.05) is 12.1 Å². The van der Waals surface area contributed by atoms with Gasteiger partial charge in [0.15, 0.2) is 5.78 Å². The van der Waals surface area contributed by atoms with E-state index in [-0.39, 0.29) is 5.78 Å². The molecule has 4 heteroatoms. The Morgan fingerprint density at radius 1 is 1.10 bits per heavy atom. The van der Waals surface area contributed by atoms with Crippen LogP contribution in [-0.2, 0) is 0 Å². The van der Waals surface area contributed by atoms with Gasteiger partial charge in [-0.2, -0.15) is 0 Å². The predicted molar refractivity (Wildman–Crippen MR) is 84.5 cm³/mol. The Morgan fingerprint density at radius 2 is 1.80 bits per heavy atom. The average Bonchev–Trinajstić information content (AvgIpc) is 2.48. The standard InChI is InChI=1S/C16H27N3O/c1-5-18(6-2)11-8-12-19(7-3)16-10-9-15(13-17-16)14(4)20/h9-10,13H,5-8,11-12H2,1-4H3. The number of aromatic nitrogens is 1. The fraction of sp³-hybridized carbons (Fsp3) is 0.625. The van der Waals surface area contributed by atoms with Gasteiger partial charge in [0, 0.05) is 24.8 Å². The molecule has 0 fully saturated rings. The summed E-state index contributed by atoms with van der Waals surface area (Å²) in [6, 6.07) is 3.80. The monoisotopic (exact) mass is 277 g/mol. The molecule has 1 aromatic heterocycles. The molecule has 0 saturated heterocycles. The van der Waals surface area contributed by atoms with Gasteiger partial charge in [-0.15, -0.1) is 0 Å². The Bertz CT molecular complexity index is 399. The van der Waals surface area contributed by atoms with E-state index >= 15 is 0 Å². The highest BCUT2D eigenvalue weighted by molar-refractivity contribution is 5.93. The average molecular weight is 277 g/mol. The van der Waals surface area contributed by atoms with Gasteiger partial charge in [0.05, 0.1) is 0 Å². The second-order valence-electron chi connectivity index (χ2n) is 4.92. The molecule has 1 rings (SSSR count). The lowest BCUT2D eigenvalue weighted by Crippen LogP contribution is -2.30. The molecule has 0 aliphatic heterocycles. The molecule has 0 amide bonds. The van der Waals surface area contributed by atoms with Crippen LogP contribution < -0.4 is 4.90 Å². The smallest absolute Gasteiger partial charge is 0.161 e. The van der Waals surface area contributed by atoms with Crippen LogP contribution in [0.25, 0.3) is 0 Å². The summed E-state index contributed by atoms with van der Waals surface area (Å²) in [5, 5.41) is 0. The van der Waals surface area contributed by atoms with Gasteiger partial charge in [0.25, 0.3) is 0 Å². The topological polar surface area (TPSA) is 36.4 Å². The lowest BCUT2D eigenvalue weighted by atomic mass is 10.2. The van der Waals surface area contributed by atoms with E-state index in [2.05, 4.69) is 35.6 Å². The van der Waals surface area contributed by atoms with Gasteiger partial charge in [0.2, 0.25) is 0 Å². The third-order valence-electron chi connectivity index (χ3n) is 3.66. The molecule has 0 saturated carbocycles. The number of rotatable bonds is 9. The highest BCUT2D eigenvalue weighted by Gasteiger charge is 2.08. The first-order chi connectivity index (χ1) is 9.62. The van der Waals surface area contributed by atoms with E-state index in [4.69, 9.17) is 0 Å². The van der Waals surface area contributed by atoms with Crippen LogP contribution in [0.5, 0.6) is 0 Å². The summed E-state index contributed by atoms with van der Waals surface area (Å²) in [7, 11) is 0. The van der Waals surface area contributed by atoms with E-state index in [1.54, 1.807) is 13.1 Å². The largest absolute Gasteiger partial charge is 0.357 e. The first kappa shape index (κ1) is 16.6. The molecule has 112 valence electrons. The summed E-state index contributed by atoms with van der Waals surface area (Å²) in [4.78, 5) is 20.3. The van der Waals surface area contributed by atoms with Crippen molar-refractivity contribution in [3.8, 4) is 0 Å². The molecule has 0 bridgehead atoms. The zero-order valence-electron chi connectivity index (χ0n) is 13.2. The van der Waals surface area contributed by atoms with Crippen LogP contribution in [0.4, 0.5) is 5.82 Å². The number of ketones is 1. The number of hydrogen-bond acceptors (Lipinski definition) is 4. The number of Topliss-reactive ketones (excluding diaryl/α,β-unsaturated/α-hetero) is 1. The van der Waals surface area contributed by atoms with Crippen molar-refractivity contribution >= 4 is 11.6 Å². The molecule has 0 aliphatic rings. The number of pyridine rings is 1. The molecule has 0 atom stereocenters. The molecule has 0 radical (unpaired) electrons. The Labute approximate surface area is 122 Å². The van der Waals surface area contributed by atoms with Crippen molar-refractivity contribution < 1.29 is 4.79 Å². The van der Waals surface area contributed by atoms with Crippen molar-refractivity contribution in [2.24, 2.45) is 0 Å². The molecule has 0 aliphatic carbocycles. The van der Waals surface area contributed by atoms with Crippen molar-refractivity contribution in [1.82, 2.24) is 9.88 Å². The van der Waals surface area contributed by atoms with Crippen LogP contribution in [0.15, 0.2) is 18.3 Å². The molecule has 4 nitrogen and oxygen atoms in total. The summed E-state index contributed by atoms with van der Waals surface area (Å²) in [5.41, 5.74) is 0.674. The molecule has 1 heterocycles. The molecule has 0 spiro atoms. The van der Waals surface area contributed by atoms with Gasteiger partial charge in [-0.3, -0.25) is 4.79 Å². The van der Waals surface area contributed by atoms with Crippen molar-refractivity contribution in [2.45, 2.75) is 34.1 Å². The summed E-state index contributed by atoms with van der Waals surface area (Å²) < 4.78 is 0. The van der Waals surface area contributed by atoms with Gasteiger partial charge in [-0.1, -0.05) is 13.8 Å². The van der Waals surface area contributed by atoms with Gasteiger partial charge in [-0.25, -0.2) is 4.98 Å². The fourth-order valence-electron chi connectivity index (χ4n) is 2.24. The zero-order valence-corrected chi connectivity index (χ0v) is 13.2. The van der Waals surface area contributed by atoms with Crippen LogP contribution in [0, 0.1) is 0 Å². The quantitative estimate of drug-likeness (QED) is 0.650. The molecule has 20 heavy (non-hydrogen) atoms. The van der Waals surface area contributed by atoms with Crippen molar-refractivity contribution in [3.63, 3.8) is 0 Å². The van der Waals surface area contributed by atoms with E-state index in [1.165, 1.54) is 0 Å².